The predicted octanol–water partition coefficient (Wildman–Crippen LogP) is 2.95. The molecule has 0 radical (unpaired) electrons. The largest absolute Gasteiger partial charge is 0.344 e. The molecule has 1 saturated heterocycles. The molecule has 26 heavy (non-hydrogen) atoms. The third-order valence-electron chi connectivity index (χ3n) is 4.85. The first kappa shape index (κ1) is 20.4. The Hall–Kier alpha value is -1.88. The van der Waals surface area contributed by atoms with Gasteiger partial charge in [0.1, 0.15) is 0 Å². The summed E-state index contributed by atoms with van der Waals surface area (Å²) in [5.74, 6) is 0.0858. The maximum Gasteiger partial charge on any atom is 0.234 e. The summed E-state index contributed by atoms with van der Waals surface area (Å²) in [6, 6.07) is 20.2. The lowest BCUT2D eigenvalue weighted by Crippen LogP contribution is -2.49. The molecule has 2 aromatic rings. The van der Waals surface area contributed by atoms with E-state index >= 15 is 0 Å². The zero-order valence-electron chi connectivity index (χ0n) is 15.3. The quantitative estimate of drug-likeness (QED) is 0.845. The van der Waals surface area contributed by atoms with Crippen molar-refractivity contribution in [2.24, 2.45) is 0 Å². The number of piperazine rings is 1. The number of nitrogens with one attached hydrogen (secondary N) is 1. The molecular formula is C21H28ClN3O. The van der Waals surface area contributed by atoms with Crippen molar-refractivity contribution in [2.75, 3.05) is 39.3 Å². The average Bonchev–Trinajstić information content (AvgIpc) is 2.68. The Morgan fingerprint density at radius 2 is 1.35 bits per heavy atom. The van der Waals surface area contributed by atoms with Gasteiger partial charge in [-0.2, -0.15) is 0 Å². The van der Waals surface area contributed by atoms with Crippen LogP contribution in [0.5, 0.6) is 0 Å². The van der Waals surface area contributed by atoms with Gasteiger partial charge >= 0.3 is 0 Å². The first-order valence-corrected chi connectivity index (χ1v) is 9.10. The molecule has 140 valence electrons. The number of carbonyl (C=O) groups is 1. The van der Waals surface area contributed by atoms with E-state index in [0.717, 1.165) is 43.9 Å². The molecular weight excluding hydrogens is 346 g/mol. The summed E-state index contributed by atoms with van der Waals surface area (Å²) in [4.78, 5) is 17.3. The van der Waals surface area contributed by atoms with E-state index in [9.17, 15) is 4.79 Å². The highest BCUT2D eigenvalue weighted by molar-refractivity contribution is 5.85. The molecule has 0 aliphatic carbocycles. The topological polar surface area (TPSA) is 35.6 Å². The van der Waals surface area contributed by atoms with Gasteiger partial charge in [-0.05, 0) is 17.7 Å². The summed E-state index contributed by atoms with van der Waals surface area (Å²) in [6.45, 7) is 7.75. The Morgan fingerprint density at radius 1 is 0.885 bits per heavy atom. The number of nitrogens with zero attached hydrogens (tertiary/aromatic N) is 2. The Morgan fingerprint density at radius 3 is 1.81 bits per heavy atom. The van der Waals surface area contributed by atoms with Gasteiger partial charge in [-0.1, -0.05) is 67.6 Å². The van der Waals surface area contributed by atoms with Gasteiger partial charge in [0.2, 0.25) is 5.91 Å². The number of rotatable bonds is 6. The van der Waals surface area contributed by atoms with Crippen molar-refractivity contribution in [1.82, 2.24) is 15.1 Å². The standard InChI is InChI=1S/C21H27N3O.ClH/c1-2-23-13-15-24(16-14-23)17-20(25)22-21(18-9-5-3-6-10-18)19-11-7-4-8-12-19;/h3-12,21H,2,13-17H2,1H3,(H,22,25);1H. The molecule has 3 rings (SSSR count). The smallest absolute Gasteiger partial charge is 0.234 e. The number of amides is 1. The molecule has 2 aromatic carbocycles. The Labute approximate surface area is 162 Å². The second-order valence-corrected chi connectivity index (χ2v) is 6.53. The Bertz CT molecular complexity index is 618. The van der Waals surface area contributed by atoms with E-state index in [1.54, 1.807) is 0 Å². The van der Waals surface area contributed by atoms with Gasteiger partial charge < -0.3 is 10.2 Å². The zero-order valence-corrected chi connectivity index (χ0v) is 16.1. The summed E-state index contributed by atoms with van der Waals surface area (Å²) < 4.78 is 0. The Balaban J connectivity index is 0.00000243. The van der Waals surface area contributed by atoms with Gasteiger partial charge in [0.05, 0.1) is 12.6 Å². The summed E-state index contributed by atoms with van der Waals surface area (Å²) in [5, 5.41) is 3.23. The lowest BCUT2D eigenvalue weighted by Gasteiger charge is -2.33. The van der Waals surface area contributed by atoms with Crippen LogP contribution in [-0.4, -0.2) is 55.0 Å². The highest BCUT2D eigenvalue weighted by Crippen LogP contribution is 2.21. The van der Waals surface area contributed by atoms with Gasteiger partial charge in [0.15, 0.2) is 0 Å². The second-order valence-electron chi connectivity index (χ2n) is 6.53. The number of hydrogen-bond donors (Lipinski definition) is 1. The van der Waals surface area contributed by atoms with E-state index < -0.39 is 0 Å². The van der Waals surface area contributed by atoms with Crippen molar-refractivity contribution in [2.45, 2.75) is 13.0 Å². The SMILES string of the molecule is CCN1CCN(CC(=O)NC(c2ccccc2)c2ccccc2)CC1.Cl. The number of likely N-dealkylation sites (N-methyl/N-ethyl adjacent to an activating group) is 1. The molecule has 1 fully saturated rings. The van der Waals surface area contributed by atoms with Crippen molar-refractivity contribution in [1.29, 1.82) is 0 Å². The predicted molar refractivity (Wildman–Crippen MR) is 109 cm³/mol. The third kappa shape index (κ3) is 5.56. The van der Waals surface area contributed by atoms with Gasteiger partial charge in [0, 0.05) is 26.2 Å². The van der Waals surface area contributed by atoms with Crippen LogP contribution in [0.3, 0.4) is 0 Å². The normalized spacial score (nSPS) is 15.5. The van der Waals surface area contributed by atoms with Crippen LogP contribution in [-0.2, 0) is 4.79 Å². The van der Waals surface area contributed by atoms with Crippen molar-refractivity contribution < 1.29 is 4.79 Å². The molecule has 1 amide bonds. The van der Waals surface area contributed by atoms with Crippen LogP contribution in [0, 0.1) is 0 Å². The first-order chi connectivity index (χ1) is 12.3. The number of halogens is 1. The van der Waals surface area contributed by atoms with Crippen LogP contribution >= 0.6 is 12.4 Å². The molecule has 4 nitrogen and oxygen atoms in total. The van der Waals surface area contributed by atoms with Gasteiger partial charge in [-0.25, -0.2) is 0 Å². The fourth-order valence-electron chi connectivity index (χ4n) is 3.32. The lowest BCUT2D eigenvalue weighted by atomic mass is 9.99. The average molecular weight is 374 g/mol. The van der Waals surface area contributed by atoms with Crippen LogP contribution in [0.1, 0.15) is 24.1 Å². The number of benzene rings is 2. The van der Waals surface area contributed by atoms with Gasteiger partial charge in [0.25, 0.3) is 0 Å². The van der Waals surface area contributed by atoms with Crippen molar-refractivity contribution >= 4 is 18.3 Å². The van der Waals surface area contributed by atoms with E-state index in [1.165, 1.54) is 0 Å². The van der Waals surface area contributed by atoms with Crippen molar-refractivity contribution in [3.63, 3.8) is 0 Å². The molecule has 0 bridgehead atoms. The Kier molecular flexibility index (Phi) is 8.10. The minimum Gasteiger partial charge on any atom is -0.344 e. The maximum atomic E-state index is 12.7. The van der Waals surface area contributed by atoms with E-state index in [4.69, 9.17) is 0 Å². The summed E-state index contributed by atoms with van der Waals surface area (Å²) >= 11 is 0. The molecule has 1 aliphatic rings. The highest BCUT2D eigenvalue weighted by atomic mass is 35.5. The summed E-state index contributed by atoms with van der Waals surface area (Å²) in [5.41, 5.74) is 2.22. The van der Waals surface area contributed by atoms with E-state index in [1.807, 2.05) is 36.4 Å². The van der Waals surface area contributed by atoms with Gasteiger partial charge in [-0.3, -0.25) is 9.69 Å². The summed E-state index contributed by atoms with van der Waals surface area (Å²) in [7, 11) is 0. The second kappa shape index (κ2) is 10.3. The molecule has 5 heteroatoms. The molecule has 1 heterocycles. The molecule has 1 aliphatic heterocycles. The minimum atomic E-state index is -0.105. The molecule has 0 aromatic heterocycles. The van der Waals surface area contributed by atoms with Crippen LogP contribution in [0.4, 0.5) is 0 Å². The zero-order chi connectivity index (χ0) is 17.5. The monoisotopic (exact) mass is 373 g/mol. The third-order valence-corrected chi connectivity index (χ3v) is 4.85. The van der Waals surface area contributed by atoms with Crippen LogP contribution < -0.4 is 5.32 Å². The van der Waals surface area contributed by atoms with Gasteiger partial charge in [-0.15, -0.1) is 12.4 Å². The molecule has 0 atom stereocenters. The fourth-order valence-corrected chi connectivity index (χ4v) is 3.32. The minimum absolute atomic E-state index is 0. The number of hydrogen-bond acceptors (Lipinski definition) is 3. The molecule has 0 unspecified atom stereocenters. The van der Waals surface area contributed by atoms with Crippen molar-refractivity contribution in [3.8, 4) is 0 Å². The number of carbonyl (C=O) groups excluding carboxylic acids is 1. The van der Waals surface area contributed by atoms with Crippen LogP contribution in [0.2, 0.25) is 0 Å². The molecule has 1 N–H and O–H groups in total. The fraction of sp³-hybridized carbons (Fsp3) is 0.381. The van der Waals surface area contributed by atoms with Crippen LogP contribution in [0.15, 0.2) is 60.7 Å². The van der Waals surface area contributed by atoms with Crippen LogP contribution in [0.25, 0.3) is 0 Å². The van der Waals surface area contributed by atoms with E-state index in [2.05, 4.69) is 46.3 Å². The molecule has 0 saturated carbocycles. The van der Waals surface area contributed by atoms with E-state index in [0.29, 0.717) is 6.54 Å². The maximum absolute atomic E-state index is 12.7. The summed E-state index contributed by atoms with van der Waals surface area (Å²) in [6.07, 6.45) is 0. The highest BCUT2D eigenvalue weighted by Gasteiger charge is 2.21. The van der Waals surface area contributed by atoms with Crippen molar-refractivity contribution in [3.05, 3.63) is 71.8 Å². The van der Waals surface area contributed by atoms with E-state index in [-0.39, 0.29) is 24.4 Å². The molecule has 0 spiro atoms. The lowest BCUT2D eigenvalue weighted by molar-refractivity contribution is -0.123. The first-order valence-electron chi connectivity index (χ1n) is 9.10.